The van der Waals surface area contributed by atoms with E-state index >= 15 is 0 Å². The van der Waals surface area contributed by atoms with Crippen molar-refractivity contribution in [1.82, 2.24) is 9.21 Å². The molecule has 0 amide bonds. The zero-order valence-corrected chi connectivity index (χ0v) is 11.7. The summed E-state index contributed by atoms with van der Waals surface area (Å²) in [6.45, 7) is 7.25. The molecule has 0 saturated carbocycles. The van der Waals surface area contributed by atoms with Crippen molar-refractivity contribution in [1.29, 1.82) is 0 Å². The van der Waals surface area contributed by atoms with Gasteiger partial charge in [-0.3, -0.25) is 0 Å². The second kappa shape index (κ2) is 5.38. The first kappa shape index (κ1) is 13.5. The minimum absolute atomic E-state index is 0.0314. The molecular formula is C13H20N2O2S. The van der Waals surface area contributed by atoms with Gasteiger partial charge in [-0.2, -0.15) is 4.31 Å². The van der Waals surface area contributed by atoms with Gasteiger partial charge in [-0.15, -0.1) is 0 Å². The van der Waals surface area contributed by atoms with Gasteiger partial charge in [0.05, 0.1) is 4.90 Å². The molecule has 100 valence electrons. The van der Waals surface area contributed by atoms with Gasteiger partial charge >= 0.3 is 0 Å². The van der Waals surface area contributed by atoms with Gasteiger partial charge in [0.25, 0.3) is 0 Å². The summed E-state index contributed by atoms with van der Waals surface area (Å²) in [5.74, 6) is 0. The Morgan fingerprint density at radius 1 is 1.22 bits per heavy atom. The largest absolute Gasteiger partial charge is 0.301 e. The Bertz CT molecular complexity index is 487. The third kappa shape index (κ3) is 2.58. The molecule has 1 fully saturated rings. The van der Waals surface area contributed by atoms with Crippen LogP contribution in [0.5, 0.6) is 0 Å². The van der Waals surface area contributed by atoms with Crippen LogP contribution in [0.1, 0.15) is 13.8 Å². The van der Waals surface area contributed by atoms with E-state index in [0.29, 0.717) is 11.4 Å². The lowest BCUT2D eigenvalue weighted by Crippen LogP contribution is -2.53. The van der Waals surface area contributed by atoms with E-state index in [1.54, 1.807) is 28.6 Å². The highest BCUT2D eigenvalue weighted by molar-refractivity contribution is 7.89. The van der Waals surface area contributed by atoms with Crippen LogP contribution in [0, 0.1) is 0 Å². The molecule has 1 atom stereocenters. The van der Waals surface area contributed by atoms with E-state index < -0.39 is 10.0 Å². The summed E-state index contributed by atoms with van der Waals surface area (Å²) in [4.78, 5) is 2.67. The molecule has 4 nitrogen and oxygen atoms in total. The highest BCUT2D eigenvalue weighted by Crippen LogP contribution is 2.20. The predicted molar refractivity (Wildman–Crippen MR) is 71.9 cm³/mol. The molecule has 0 bridgehead atoms. The Hall–Kier alpha value is -0.910. The topological polar surface area (TPSA) is 40.6 Å². The van der Waals surface area contributed by atoms with Gasteiger partial charge in [-0.25, -0.2) is 8.42 Å². The summed E-state index contributed by atoms with van der Waals surface area (Å²) >= 11 is 0. The maximum Gasteiger partial charge on any atom is 0.243 e. The van der Waals surface area contributed by atoms with Crippen molar-refractivity contribution < 1.29 is 8.42 Å². The molecule has 2 rings (SSSR count). The quantitative estimate of drug-likeness (QED) is 0.832. The van der Waals surface area contributed by atoms with Gasteiger partial charge in [0.15, 0.2) is 0 Å². The van der Waals surface area contributed by atoms with Crippen LogP contribution in [0.15, 0.2) is 35.2 Å². The maximum absolute atomic E-state index is 12.5. The van der Waals surface area contributed by atoms with Crippen molar-refractivity contribution in [3.8, 4) is 0 Å². The summed E-state index contributed by atoms with van der Waals surface area (Å²) in [7, 11) is -3.34. The Labute approximate surface area is 109 Å². The van der Waals surface area contributed by atoms with Crippen LogP contribution in [0.25, 0.3) is 0 Å². The normalized spacial score (nSPS) is 23.1. The zero-order valence-electron chi connectivity index (χ0n) is 10.9. The third-order valence-electron chi connectivity index (χ3n) is 3.45. The van der Waals surface area contributed by atoms with Crippen LogP contribution < -0.4 is 0 Å². The Morgan fingerprint density at radius 3 is 2.44 bits per heavy atom. The molecule has 1 aliphatic heterocycles. The number of hydrogen-bond donors (Lipinski definition) is 0. The first-order valence-corrected chi connectivity index (χ1v) is 7.79. The molecule has 1 heterocycles. The second-order valence-electron chi connectivity index (χ2n) is 4.67. The molecule has 18 heavy (non-hydrogen) atoms. The number of sulfonamides is 1. The number of piperazine rings is 1. The number of benzene rings is 1. The lowest BCUT2D eigenvalue weighted by Gasteiger charge is -2.38. The average molecular weight is 268 g/mol. The number of likely N-dealkylation sites (N-methyl/N-ethyl adjacent to an activating group) is 1. The smallest absolute Gasteiger partial charge is 0.243 e. The molecule has 0 aliphatic carbocycles. The first-order chi connectivity index (χ1) is 8.55. The van der Waals surface area contributed by atoms with Gasteiger partial charge < -0.3 is 4.90 Å². The monoisotopic (exact) mass is 268 g/mol. The minimum atomic E-state index is -3.34. The van der Waals surface area contributed by atoms with Gasteiger partial charge in [0.2, 0.25) is 10.0 Å². The van der Waals surface area contributed by atoms with Crippen LogP contribution in [0.4, 0.5) is 0 Å². The fraction of sp³-hybridized carbons (Fsp3) is 0.538. The fourth-order valence-corrected chi connectivity index (χ4v) is 4.02. The van der Waals surface area contributed by atoms with E-state index in [1.165, 1.54) is 0 Å². The summed E-state index contributed by atoms with van der Waals surface area (Å²) in [6.07, 6.45) is 0. The van der Waals surface area contributed by atoms with E-state index in [2.05, 4.69) is 11.8 Å². The Balaban J connectivity index is 2.22. The fourth-order valence-electron chi connectivity index (χ4n) is 2.39. The third-order valence-corrected chi connectivity index (χ3v) is 5.48. The minimum Gasteiger partial charge on any atom is -0.301 e. The van der Waals surface area contributed by atoms with Crippen LogP contribution in [0.3, 0.4) is 0 Å². The maximum atomic E-state index is 12.5. The van der Waals surface area contributed by atoms with E-state index in [9.17, 15) is 8.42 Å². The molecule has 1 unspecified atom stereocenters. The Morgan fingerprint density at radius 2 is 1.89 bits per heavy atom. The van der Waals surface area contributed by atoms with Gasteiger partial charge in [-0.05, 0) is 25.6 Å². The van der Waals surface area contributed by atoms with E-state index in [1.807, 2.05) is 13.0 Å². The highest BCUT2D eigenvalue weighted by atomic mass is 32.2. The van der Waals surface area contributed by atoms with E-state index in [4.69, 9.17) is 0 Å². The lowest BCUT2D eigenvalue weighted by molar-refractivity contribution is 0.150. The van der Waals surface area contributed by atoms with Gasteiger partial charge in [0, 0.05) is 25.7 Å². The number of rotatable bonds is 3. The molecule has 0 spiro atoms. The molecular weight excluding hydrogens is 248 g/mol. The summed E-state index contributed by atoms with van der Waals surface area (Å²) in [6, 6.07) is 8.71. The van der Waals surface area contributed by atoms with Crippen molar-refractivity contribution in [3.63, 3.8) is 0 Å². The zero-order chi connectivity index (χ0) is 13.2. The SMILES string of the molecule is CCN1CCN(S(=O)(=O)c2ccccc2)C(C)C1. The molecule has 0 N–H and O–H groups in total. The molecule has 5 heteroatoms. The molecule has 1 aromatic carbocycles. The molecule has 0 aromatic heterocycles. The van der Waals surface area contributed by atoms with Crippen LogP contribution in [-0.4, -0.2) is 49.8 Å². The average Bonchev–Trinajstić information content (AvgIpc) is 2.39. The van der Waals surface area contributed by atoms with Crippen molar-refractivity contribution in [2.75, 3.05) is 26.2 Å². The summed E-state index contributed by atoms with van der Waals surface area (Å²) in [5.41, 5.74) is 0. The van der Waals surface area contributed by atoms with Crippen molar-refractivity contribution >= 4 is 10.0 Å². The van der Waals surface area contributed by atoms with Crippen LogP contribution in [-0.2, 0) is 10.0 Å². The van der Waals surface area contributed by atoms with Crippen LogP contribution >= 0.6 is 0 Å². The van der Waals surface area contributed by atoms with Gasteiger partial charge in [-0.1, -0.05) is 25.1 Å². The van der Waals surface area contributed by atoms with E-state index in [0.717, 1.165) is 19.6 Å². The van der Waals surface area contributed by atoms with Crippen LogP contribution in [0.2, 0.25) is 0 Å². The molecule has 0 radical (unpaired) electrons. The highest BCUT2D eigenvalue weighted by Gasteiger charge is 2.32. The molecule has 1 aliphatic rings. The number of hydrogen-bond acceptors (Lipinski definition) is 3. The Kier molecular flexibility index (Phi) is 4.04. The molecule has 1 saturated heterocycles. The van der Waals surface area contributed by atoms with Crippen molar-refractivity contribution in [2.24, 2.45) is 0 Å². The summed E-state index contributed by atoms with van der Waals surface area (Å²) < 4.78 is 26.6. The van der Waals surface area contributed by atoms with E-state index in [-0.39, 0.29) is 6.04 Å². The van der Waals surface area contributed by atoms with Crippen molar-refractivity contribution in [2.45, 2.75) is 24.8 Å². The number of nitrogens with zero attached hydrogens (tertiary/aromatic N) is 2. The molecule has 1 aromatic rings. The standard InChI is InChI=1S/C13H20N2O2S/c1-3-14-9-10-15(12(2)11-14)18(16,17)13-7-5-4-6-8-13/h4-8,12H,3,9-11H2,1-2H3. The van der Waals surface area contributed by atoms with Crippen molar-refractivity contribution in [3.05, 3.63) is 30.3 Å². The second-order valence-corrected chi connectivity index (χ2v) is 6.56. The lowest BCUT2D eigenvalue weighted by atomic mass is 10.2. The summed E-state index contributed by atoms with van der Waals surface area (Å²) in [5, 5.41) is 0. The first-order valence-electron chi connectivity index (χ1n) is 6.35. The predicted octanol–water partition coefficient (Wildman–Crippen LogP) is 1.40. The van der Waals surface area contributed by atoms with Gasteiger partial charge in [0.1, 0.15) is 0 Å².